The molecule has 0 aliphatic heterocycles. The van der Waals surface area contributed by atoms with Crippen molar-refractivity contribution in [2.45, 2.75) is 13.5 Å². The highest BCUT2D eigenvalue weighted by Crippen LogP contribution is 2.31. The van der Waals surface area contributed by atoms with Crippen molar-refractivity contribution in [3.63, 3.8) is 0 Å². The molecule has 1 aliphatic rings. The van der Waals surface area contributed by atoms with Gasteiger partial charge in [-0.3, -0.25) is 9.59 Å². The number of hydrogen-bond acceptors (Lipinski definition) is 3. The second-order valence-electron chi connectivity index (χ2n) is 6.73. The van der Waals surface area contributed by atoms with Crippen molar-refractivity contribution in [3.8, 4) is 0 Å². The fourth-order valence-corrected chi connectivity index (χ4v) is 3.49. The van der Waals surface area contributed by atoms with Gasteiger partial charge in [-0.2, -0.15) is 0 Å². The molecule has 4 nitrogen and oxygen atoms in total. The van der Waals surface area contributed by atoms with Gasteiger partial charge in [0.05, 0.1) is 11.3 Å². The van der Waals surface area contributed by atoms with Crippen molar-refractivity contribution in [1.82, 2.24) is 5.32 Å². The fourth-order valence-electron chi connectivity index (χ4n) is 3.30. The van der Waals surface area contributed by atoms with E-state index < -0.39 is 0 Å². The van der Waals surface area contributed by atoms with Gasteiger partial charge in [0.2, 0.25) is 0 Å². The summed E-state index contributed by atoms with van der Waals surface area (Å²) >= 11 is 5.39. The summed E-state index contributed by atoms with van der Waals surface area (Å²) < 4.78 is 0. The number of carbonyl (C=O) groups is 2. The van der Waals surface area contributed by atoms with Crippen LogP contribution in [0.4, 0.5) is 5.69 Å². The van der Waals surface area contributed by atoms with Crippen LogP contribution in [0, 0.1) is 6.92 Å². The van der Waals surface area contributed by atoms with Crippen molar-refractivity contribution in [2.75, 3.05) is 5.32 Å². The van der Waals surface area contributed by atoms with E-state index in [1.54, 1.807) is 42.5 Å². The standard InChI is InChI=1S/C23H18N2O2S/c1-14-9-11-15(12-10-14)13-24-23(28)25-19-8-4-7-18-20(19)22(27)17-6-3-2-5-16(17)21(18)26/h2-12H,13H2,1H3,(H2,24,25,28). The fraction of sp³-hybridized carbons (Fsp3) is 0.0870. The molecule has 3 aromatic rings. The lowest BCUT2D eigenvalue weighted by Gasteiger charge is -2.21. The number of anilines is 1. The van der Waals surface area contributed by atoms with Crippen LogP contribution in [0.15, 0.2) is 66.7 Å². The topological polar surface area (TPSA) is 58.2 Å². The molecule has 0 bridgehead atoms. The molecule has 28 heavy (non-hydrogen) atoms. The largest absolute Gasteiger partial charge is 0.358 e. The number of aryl methyl sites for hydroxylation is 1. The molecule has 3 aromatic carbocycles. The van der Waals surface area contributed by atoms with Gasteiger partial charge in [-0.15, -0.1) is 0 Å². The molecule has 0 aromatic heterocycles. The van der Waals surface area contributed by atoms with Crippen molar-refractivity contribution in [3.05, 3.63) is 100 Å². The highest BCUT2D eigenvalue weighted by Gasteiger charge is 2.31. The lowest BCUT2D eigenvalue weighted by Crippen LogP contribution is -2.30. The highest BCUT2D eigenvalue weighted by atomic mass is 32.1. The van der Waals surface area contributed by atoms with Gasteiger partial charge in [0.15, 0.2) is 16.7 Å². The zero-order chi connectivity index (χ0) is 19.7. The zero-order valence-electron chi connectivity index (χ0n) is 15.3. The highest BCUT2D eigenvalue weighted by molar-refractivity contribution is 7.80. The Morgan fingerprint density at radius 1 is 0.821 bits per heavy atom. The summed E-state index contributed by atoms with van der Waals surface area (Å²) in [6.45, 7) is 2.61. The minimum atomic E-state index is -0.172. The SMILES string of the molecule is Cc1ccc(CNC(=S)Nc2cccc3c2C(=O)c2ccccc2C3=O)cc1. The Labute approximate surface area is 168 Å². The zero-order valence-corrected chi connectivity index (χ0v) is 16.1. The van der Waals surface area contributed by atoms with Gasteiger partial charge in [0.1, 0.15) is 0 Å². The van der Waals surface area contributed by atoms with Gasteiger partial charge in [-0.25, -0.2) is 0 Å². The molecule has 0 saturated carbocycles. The molecular weight excluding hydrogens is 368 g/mol. The van der Waals surface area contributed by atoms with Crippen molar-refractivity contribution in [1.29, 1.82) is 0 Å². The summed E-state index contributed by atoms with van der Waals surface area (Å²) in [7, 11) is 0. The Balaban J connectivity index is 1.56. The number of ketones is 2. The lowest BCUT2D eigenvalue weighted by atomic mass is 9.83. The van der Waals surface area contributed by atoms with E-state index in [2.05, 4.69) is 10.6 Å². The molecular formula is C23H18N2O2S. The van der Waals surface area contributed by atoms with Crippen LogP contribution in [0.25, 0.3) is 0 Å². The number of rotatable bonds is 3. The molecule has 0 atom stereocenters. The quantitative estimate of drug-likeness (QED) is 0.515. The lowest BCUT2D eigenvalue weighted by molar-refractivity contribution is 0.0979. The number of fused-ring (bicyclic) bond motifs is 2. The third-order valence-electron chi connectivity index (χ3n) is 4.77. The third kappa shape index (κ3) is 3.32. The van der Waals surface area contributed by atoms with Crippen molar-refractivity contribution >= 4 is 34.6 Å². The molecule has 0 saturated heterocycles. The van der Waals surface area contributed by atoms with E-state index in [1.807, 2.05) is 31.2 Å². The maximum atomic E-state index is 13.0. The van der Waals surface area contributed by atoms with E-state index in [4.69, 9.17) is 12.2 Å². The summed E-state index contributed by atoms with van der Waals surface area (Å²) in [5, 5.41) is 6.62. The minimum Gasteiger partial charge on any atom is -0.358 e. The molecule has 1 aliphatic carbocycles. The van der Waals surface area contributed by atoms with Crippen LogP contribution in [-0.2, 0) is 6.54 Å². The number of benzene rings is 3. The maximum absolute atomic E-state index is 13.0. The van der Waals surface area contributed by atoms with Gasteiger partial charge in [0, 0.05) is 23.2 Å². The van der Waals surface area contributed by atoms with Crippen LogP contribution in [0.2, 0.25) is 0 Å². The van der Waals surface area contributed by atoms with Gasteiger partial charge in [0.25, 0.3) is 0 Å². The first-order chi connectivity index (χ1) is 13.5. The van der Waals surface area contributed by atoms with Gasteiger partial charge < -0.3 is 10.6 Å². The molecule has 4 rings (SSSR count). The van der Waals surface area contributed by atoms with Crippen LogP contribution in [-0.4, -0.2) is 16.7 Å². The molecule has 0 spiro atoms. The van der Waals surface area contributed by atoms with E-state index in [0.29, 0.717) is 39.6 Å². The Morgan fingerprint density at radius 3 is 2.18 bits per heavy atom. The third-order valence-corrected chi connectivity index (χ3v) is 5.02. The number of nitrogens with one attached hydrogen (secondary N) is 2. The Hall–Kier alpha value is -3.31. The van der Waals surface area contributed by atoms with E-state index >= 15 is 0 Å². The summed E-state index contributed by atoms with van der Waals surface area (Å²) in [4.78, 5) is 25.8. The predicted molar refractivity (Wildman–Crippen MR) is 114 cm³/mol. The van der Waals surface area contributed by atoms with Crippen LogP contribution in [0.3, 0.4) is 0 Å². The second kappa shape index (κ2) is 7.37. The van der Waals surface area contributed by atoms with E-state index in [-0.39, 0.29) is 11.6 Å². The Bertz CT molecular complexity index is 1100. The average molecular weight is 386 g/mol. The first-order valence-corrected chi connectivity index (χ1v) is 9.37. The van der Waals surface area contributed by atoms with Gasteiger partial charge in [-0.05, 0) is 30.8 Å². The maximum Gasteiger partial charge on any atom is 0.196 e. The monoisotopic (exact) mass is 386 g/mol. The number of thiocarbonyl (C=S) groups is 1. The summed E-state index contributed by atoms with van der Waals surface area (Å²) in [6, 6.07) is 20.3. The number of hydrogen-bond donors (Lipinski definition) is 2. The number of carbonyl (C=O) groups excluding carboxylic acids is 2. The molecule has 138 valence electrons. The normalized spacial score (nSPS) is 12.2. The second-order valence-corrected chi connectivity index (χ2v) is 7.13. The van der Waals surface area contributed by atoms with Crippen LogP contribution in [0.1, 0.15) is 43.0 Å². The van der Waals surface area contributed by atoms with Crippen LogP contribution in [0.5, 0.6) is 0 Å². The molecule has 0 radical (unpaired) electrons. The predicted octanol–water partition coefficient (Wildman–Crippen LogP) is 4.26. The van der Waals surface area contributed by atoms with Gasteiger partial charge >= 0.3 is 0 Å². The minimum absolute atomic E-state index is 0.146. The van der Waals surface area contributed by atoms with Crippen molar-refractivity contribution < 1.29 is 9.59 Å². The smallest absolute Gasteiger partial charge is 0.196 e. The molecule has 0 heterocycles. The summed E-state index contributed by atoms with van der Waals surface area (Å²) in [5.74, 6) is -0.318. The van der Waals surface area contributed by atoms with Gasteiger partial charge in [-0.1, -0.05) is 66.2 Å². The first kappa shape index (κ1) is 18.1. The van der Waals surface area contributed by atoms with E-state index in [9.17, 15) is 9.59 Å². The molecule has 0 amide bonds. The molecule has 2 N–H and O–H groups in total. The molecule has 5 heteroatoms. The molecule has 0 fully saturated rings. The summed E-state index contributed by atoms with van der Waals surface area (Å²) in [6.07, 6.45) is 0. The average Bonchev–Trinajstić information content (AvgIpc) is 2.71. The first-order valence-electron chi connectivity index (χ1n) is 8.96. The molecule has 0 unspecified atom stereocenters. The van der Waals surface area contributed by atoms with E-state index in [1.165, 1.54) is 5.56 Å². The van der Waals surface area contributed by atoms with Crippen LogP contribution < -0.4 is 10.6 Å². The van der Waals surface area contributed by atoms with Crippen LogP contribution >= 0.6 is 12.2 Å². The van der Waals surface area contributed by atoms with Crippen molar-refractivity contribution in [2.24, 2.45) is 0 Å². The van der Waals surface area contributed by atoms with E-state index in [0.717, 1.165) is 5.56 Å². The Kier molecular flexibility index (Phi) is 4.75. The Morgan fingerprint density at radius 2 is 1.46 bits per heavy atom. The summed E-state index contributed by atoms with van der Waals surface area (Å²) in [5.41, 5.74) is 4.46.